The van der Waals surface area contributed by atoms with Crippen molar-refractivity contribution >= 4 is 33.6 Å². The van der Waals surface area contributed by atoms with Crippen molar-refractivity contribution < 1.29 is 67.7 Å². The summed E-state index contributed by atoms with van der Waals surface area (Å²) in [6.45, 7) is -0.511. The molecular weight excluding hydrogens is 396 g/mol. The molecule has 2 aromatic rings. The maximum Gasteiger partial charge on any atom is 0.205 e. The first-order valence-corrected chi connectivity index (χ1v) is 8.87. The summed E-state index contributed by atoms with van der Waals surface area (Å²) >= 11 is 2.50. The molecule has 0 amide bonds. The van der Waals surface area contributed by atoms with E-state index in [-0.39, 0.29) is 43.5 Å². The van der Waals surface area contributed by atoms with Gasteiger partial charge >= 0.3 is 0 Å². The van der Waals surface area contributed by atoms with E-state index in [9.17, 15) is 20.1 Å². The van der Waals surface area contributed by atoms with Crippen LogP contribution in [0.5, 0.6) is 0 Å². The number of thiazole rings is 1. The van der Waals surface area contributed by atoms with Gasteiger partial charge in [-0.2, -0.15) is 11.3 Å². The van der Waals surface area contributed by atoms with Gasteiger partial charge in [-0.05, 0) is 11.4 Å². The van der Waals surface area contributed by atoms with Crippen molar-refractivity contribution in [3.8, 4) is 0 Å². The quantitative estimate of drug-likeness (QED) is 0.421. The summed E-state index contributed by atoms with van der Waals surface area (Å²) in [7, 11) is 0. The molecule has 0 spiro atoms. The zero-order valence-corrected chi connectivity index (χ0v) is 15.0. The number of hydrogen-bond acceptors (Lipinski definition) is 10. The van der Waals surface area contributed by atoms with E-state index < -0.39 is 37.3 Å². The molecule has 25 heavy (non-hydrogen) atoms. The standard InChI is InChI=1S/C14H16N2O6S2.Ar/c17-4-7-10(19)11(20)12(21)13(22-7)16-14-15-3-8(24-14)9(18)6-1-2-23-5-6;/h1-3,5,7,10-13,17,19-21H,4H2,(H,15,16);/t7?,10-,11+,12?,13+;/m1./s1. The number of carbonyl (C=O) groups is 1. The Morgan fingerprint density at radius 1 is 1.28 bits per heavy atom. The number of aliphatic hydroxyl groups is 4. The first-order valence-electron chi connectivity index (χ1n) is 7.11. The molecule has 1 fully saturated rings. The van der Waals surface area contributed by atoms with Crippen LogP contribution in [-0.2, 0) is 4.74 Å². The fourth-order valence-electron chi connectivity index (χ4n) is 2.32. The van der Waals surface area contributed by atoms with Gasteiger partial charge in [-0.15, -0.1) is 0 Å². The third-order valence-corrected chi connectivity index (χ3v) is 5.28. The van der Waals surface area contributed by atoms with Crippen molar-refractivity contribution in [2.75, 3.05) is 11.9 Å². The number of carbonyl (C=O) groups excluding carboxylic acids is 1. The minimum atomic E-state index is -1.47. The number of rotatable bonds is 5. The molecule has 3 rings (SSSR count). The van der Waals surface area contributed by atoms with E-state index in [4.69, 9.17) is 9.84 Å². The van der Waals surface area contributed by atoms with Crippen molar-refractivity contribution in [1.29, 1.82) is 0 Å². The predicted octanol–water partition coefficient (Wildman–Crippen LogP) is -0.353. The van der Waals surface area contributed by atoms with E-state index in [1.165, 1.54) is 17.5 Å². The van der Waals surface area contributed by atoms with Crippen LogP contribution in [0, 0.1) is 37.7 Å². The summed E-state index contributed by atoms with van der Waals surface area (Å²) in [5.41, 5.74) is 0.572. The maximum absolute atomic E-state index is 12.2. The molecule has 5 N–H and O–H groups in total. The second-order valence-corrected chi connectivity index (χ2v) is 7.08. The molecule has 2 aromatic heterocycles. The van der Waals surface area contributed by atoms with Crippen LogP contribution in [0.1, 0.15) is 15.2 Å². The van der Waals surface area contributed by atoms with E-state index >= 15 is 0 Å². The Kier molecular flexibility index (Phi) is 7.77. The van der Waals surface area contributed by atoms with Gasteiger partial charge in [0, 0.05) is 48.7 Å². The summed E-state index contributed by atoms with van der Waals surface area (Å²) in [5.74, 6) is -0.157. The monoisotopic (exact) mass is 412 g/mol. The number of aromatic nitrogens is 1. The predicted molar refractivity (Wildman–Crippen MR) is 87.3 cm³/mol. The number of ether oxygens (including phenoxy) is 1. The van der Waals surface area contributed by atoms with Crippen LogP contribution in [0.25, 0.3) is 0 Å². The first-order chi connectivity index (χ1) is 11.5. The molecule has 11 heteroatoms. The van der Waals surface area contributed by atoms with Crippen LogP contribution in [-0.4, -0.2) is 68.4 Å². The molecule has 0 saturated carbocycles. The molecule has 1 saturated heterocycles. The van der Waals surface area contributed by atoms with Gasteiger partial charge in [0.15, 0.2) is 11.4 Å². The molecule has 2 unspecified atom stereocenters. The molecule has 0 radical (unpaired) electrons. The minimum Gasteiger partial charge on any atom is -0.394 e. The Bertz CT molecular complexity index is 695. The number of nitrogens with one attached hydrogen (secondary N) is 1. The van der Waals surface area contributed by atoms with Crippen molar-refractivity contribution in [3.05, 3.63) is 33.5 Å². The molecule has 5 atom stereocenters. The van der Waals surface area contributed by atoms with E-state index in [0.29, 0.717) is 15.6 Å². The molecule has 0 aliphatic carbocycles. The Morgan fingerprint density at radius 3 is 2.68 bits per heavy atom. The largest absolute Gasteiger partial charge is 0.394 e. The van der Waals surface area contributed by atoms with Crippen molar-refractivity contribution in [1.82, 2.24) is 4.98 Å². The third kappa shape index (κ3) is 4.59. The van der Waals surface area contributed by atoms with E-state index in [2.05, 4.69) is 10.3 Å². The van der Waals surface area contributed by atoms with Gasteiger partial charge in [-0.3, -0.25) is 4.79 Å². The third-order valence-electron chi connectivity index (χ3n) is 3.67. The van der Waals surface area contributed by atoms with Crippen LogP contribution in [0.3, 0.4) is 0 Å². The summed E-state index contributed by atoms with van der Waals surface area (Å²) in [6, 6.07) is 1.72. The Morgan fingerprint density at radius 2 is 2.04 bits per heavy atom. The Hall–Kier alpha value is -0.140. The van der Waals surface area contributed by atoms with Crippen LogP contribution < -0.4 is 5.32 Å². The van der Waals surface area contributed by atoms with Crippen LogP contribution in [0.4, 0.5) is 5.13 Å². The molecule has 0 bridgehead atoms. The summed E-state index contributed by atoms with van der Waals surface area (Å²) < 4.78 is 5.34. The SMILES string of the molecule is O=C(c1ccsc1)c1cnc(N[C@H]2OC(CO)[C@@H](O)[C@H](O)C2O)s1.[Ar]. The smallest absolute Gasteiger partial charge is 0.205 e. The van der Waals surface area contributed by atoms with Crippen LogP contribution >= 0.6 is 22.7 Å². The van der Waals surface area contributed by atoms with Gasteiger partial charge in [0.25, 0.3) is 0 Å². The van der Waals surface area contributed by atoms with Gasteiger partial charge in [0.1, 0.15) is 24.4 Å². The van der Waals surface area contributed by atoms with Gasteiger partial charge in [0.05, 0.1) is 17.7 Å². The fraction of sp³-hybridized carbons (Fsp3) is 0.429. The Balaban J connectivity index is 0.00000225. The number of thiophene rings is 1. The number of hydrogen-bond donors (Lipinski definition) is 5. The van der Waals surface area contributed by atoms with E-state index in [0.717, 1.165) is 11.3 Å². The second kappa shape index (κ2) is 9.18. The minimum absolute atomic E-state index is 0. The number of nitrogens with zero attached hydrogens (tertiary/aromatic N) is 1. The fourth-order valence-corrected chi connectivity index (χ4v) is 3.76. The summed E-state index contributed by atoms with van der Waals surface area (Å²) in [5, 5.41) is 45.3. The Labute approximate surface area is 181 Å². The molecule has 1 aliphatic heterocycles. The van der Waals surface area contributed by atoms with E-state index in [1.807, 2.05) is 0 Å². The average Bonchev–Trinajstić information content (AvgIpc) is 3.26. The van der Waals surface area contributed by atoms with Gasteiger partial charge in [0.2, 0.25) is 5.78 Å². The molecule has 3 heterocycles. The van der Waals surface area contributed by atoms with E-state index in [1.54, 1.807) is 16.8 Å². The zero-order chi connectivity index (χ0) is 17.3. The summed E-state index contributed by atoms with van der Waals surface area (Å²) in [6.07, 6.45) is -4.97. The van der Waals surface area contributed by atoms with Crippen LogP contribution in [0.2, 0.25) is 0 Å². The second-order valence-electron chi connectivity index (χ2n) is 5.26. The first kappa shape index (κ1) is 21.2. The van der Waals surface area contributed by atoms with Crippen LogP contribution in [0.15, 0.2) is 23.0 Å². The van der Waals surface area contributed by atoms with Gasteiger partial charge < -0.3 is 30.5 Å². The number of ketones is 1. The van der Waals surface area contributed by atoms with Gasteiger partial charge in [-0.1, -0.05) is 11.3 Å². The number of anilines is 1. The molecular formula is C14H16ArN2O6S2. The molecule has 8 nitrogen and oxygen atoms in total. The summed E-state index contributed by atoms with van der Waals surface area (Å²) in [4.78, 5) is 16.7. The zero-order valence-electron chi connectivity index (χ0n) is 12.6. The molecule has 0 aromatic carbocycles. The normalized spacial score (nSPS) is 29.0. The van der Waals surface area contributed by atoms with Gasteiger partial charge in [-0.25, -0.2) is 4.98 Å². The molecule has 1 aliphatic rings. The number of aliphatic hydroxyl groups excluding tert-OH is 4. The topological polar surface area (TPSA) is 132 Å². The van der Waals surface area contributed by atoms with Crippen molar-refractivity contribution in [3.63, 3.8) is 0 Å². The van der Waals surface area contributed by atoms with Crippen molar-refractivity contribution in [2.45, 2.75) is 30.6 Å². The molecule has 138 valence electrons. The maximum atomic E-state index is 12.2. The average molecular weight is 412 g/mol. The van der Waals surface area contributed by atoms with Crippen molar-refractivity contribution in [2.24, 2.45) is 0 Å².